The van der Waals surface area contributed by atoms with E-state index in [0.717, 1.165) is 64.5 Å². The highest BCUT2D eigenvalue weighted by atomic mass is 32.1. The smallest absolute Gasteiger partial charge is 0.146 e. The van der Waals surface area contributed by atoms with Crippen molar-refractivity contribution in [3.63, 3.8) is 0 Å². The highest BCUT2D eigenvalue weighted by Crippen LogP contribution is 2.40. The molecule has 31 heavy (non-hydrogen) atoms. The number of hydrogen-bond donors (Lipinski definition) is 0. The first-order valence-corrected chi connectivity index (χ1v) is 11.3. The van der Waals surface area contributed by atoms with Gasteiger partial charge >= 0.3 is 0 Å². The molecule has 5 heteroatoms. The monoisotopic (exact) mass is 425 g/mol. The summed E-state index contributed by atoms with van der Waals surface area (Å²) in [7, 11) is 0. The molecule has 0 bridgehead atoms. The highest BCUT2D eigenvalue weighted by Gasteiger charge is 2.20. The zero-order chi connectivity index (χ0) is 20.9. The average molecular weight is 426 g/mol. The van der Waals surface area contributed by atoms with Gasteiger partial charge in [-0.2, -0.15) is 0 Å². The molecule has 3 aromatic carbocycles. The Balaban J connectivity index is 1.66. The van der Waals surface area contributed by atoms with Gasteiger partial charge in [0, 0.05) is 29.8 Å². The van der Waals surface area contributed by atoms with Gasteiger partial charge < -0.3 is 9.64 Å². The van der Waals surface area contributed by atoms with Crippen molar-refractivity contribution in [1.82, 2.24) is 9.88 Å². The Morgan fingerprint density at radius 3 is 2.00 bits per heavy atom. The van der Waals surface area contributed by atoms with Crippen LogP contribution in [0.15, 0.2) is 96.0 Å². The molecule has 0 radical (unpaired) electrons. The number of benzene rings is 3. The third-order valence-electron chi connectivity index (χ3n) is 5.23. The lowest BCUT2D eigenvalue weighted by molar-refractivity contribution is 0.0683. The van der Waals surface area contributed by atoms with Crippen LogP contribution in [-0.4, -0.2) is 42.0 Å². The quantitative estimate of drug-likeness (QED) is 0.302. The highest BCUT2D eigenvalue weighted by molar-refractivity contribution is 7.19. The average Bonchev–Trinajstić information content (AvgIpc) is 3.29. The van der Waals surface area contributed by atoms with Crippen LogP contribution in [0, 0.1) is 0 Å². The van der Waals surface area contributed by atoms with E-state index < -0.39 is 0 Å². The predicted octanol–water partition coefficient (Wildman–Crippen LogP) is 5.89. The Kier molecular flexibility index (Phi) is 5.87. The number of hydrogen-bond acceptors (Lipinski definition) is 4. The molecule has 0 amide bonds. The Hall–Kier alpha value is -3.28. The first-order chi connectivity index (χ1) is 15.4. The second-order valence-electron chi connectivity index (χ2n) is 7.31. The van der Waals surface area contributed by atoms with E-state index in [1.807, 2.05) is 42.5 Å². The molecule has 1 aromatic heterocycles. The van der Waals surface area contributed by atoms with Gasteiger partial charge in [-0.05, 0) is 0 Å². The van der Waals surface area contributed by atoms with E-state index in [1.165, 1.54) is 0 Å². The van der Waals surface area contributed by atoms with Gasteiger partial charge in [0.15, 0.2) is 0 Å². The zero-order valence-electron chi connectivity index (χ0n) is 17.1. The summed E-state index contributed by atoms with van der Waals surface area (Å²) in [6, 6.07) is 31.0. The van der Waals surface area contributed by atoms with Gasteiger partial charge in [-0.3, -0.25) is 0 Å². The van der Waals surface area contributed by atoms with E-state index in [2.05, 4.69) is 53.4 Å². The second-order valence-corrected chi connectivity index (χ2v) is 8.28. The van der Waals surface area contributed by atoms with Crippen LogP contribution in [0.1, 0.15) is 5.56 Å². The third-order valence-corrected chi connectivity index (χ3v) is 6.23. The minimum atomic E-state index is 0.718. The molecular weight excluding hydrogens is 402 g/mol. The van der Waals surface area contributed by atoms with Gasteiger partial charge in [-0.15, -0.1) is 0 Å². The molecule has 0 aliphatic carbocycles. The van der Waals surface area contributed by atoms with Crippen LogP contribution in [0.4, 0.5) is 5.00 Å². The van der Waals surface area contributed by atoms with Gasteiger partial charge in [0.1, 0.15) is 21.5 Å². The fourth-order valence-corrected chi connectivity index (χ4v) is 4.62. The largest absolute Gasteiger partial charge is 0.378 e. The van der Waals surface area contributed by atoms with E-state index >= 15 is 0 Å². The summed E-state index contributed by atoms with van der Waals surface area (Å²) in [5.74, 6) is 0.976. The van der Waals surface area contributed by atoms with Crippen molar-refractivity contribution in [1.29, 1.82) is 0 Å². The maximum absolute atomic E-state index is 5.58. The van der Waals surface area contributed by atoms with Crippen molar-refractivity contribution in [3.8, 4) is 21.8 Å². The number of nitrogens with zero attached hydrogens (tertiary/aromatic N) is 3. The van der Waals surface area contributed by atoms with E-state index in [1.54, 1.807) is 11.3 Å². The molecular formula is C26H23N3OS. The lowest BCUT2D eigenvalue weighted by Crippen LogP contribution is -2.41. The first kappa shape index (κ1) is 19.7. The van der Waals surface area contributed by atoms with Crippen molar-refractivity contribution in [2.75, 3.05) is 26.3 Å². The Labute approximate surface area is 186 Å². The molecule has 1 fully saturated rings. The summed E-state index contributed by atoms with van der Waals surface area (Å²) in [6.45, 7) is 3.10. The fourth-order valence-electron chi connectivity index (χ4n) is 3.65. The van der Waals surface area contributed by atoms with Crippen LogP contribution in [-0.2, 0) is 4.74 Å². The van der Waals surface area contributed by atoms with Crippen molar-refractivity contribution in [2.24, 2.45) is 4.99 Å². The lowest BCUT2D eigenvalue weighted by Gasteiger charge is -2.30. The Morgan fingerprint density at radius 2 is 1.35 bits per heavy atom. The van der Waals surface area contributed by atoms with Crippen LogP contribution in [0.25, 0.3) is 21.8 Å². The molecule has 1 aliphatic rings. The molecule has 0 N–H and O–H groups in total. The number of ether oxygens (including phenoxy) is 1. The summed E-state index contributed by atoms with van der Waals surface area (Å²) >= 11 is 1.64. The summed E-state index contributed by atoms with van der Waals surface area (Å²) in [5.41, 5.74) is 4.22. The minimum Gasteiger partial charge on any atom is -0.378 e. The van der Waals surface area contributed by atoms with E-state index in [9.17, 15) is 0 Å². The van der Waals surface area contributed by atoms with Crippen LogP contribution < -0.4 is 0 Å². The molecule has 154 valence electrons. The van der Waals surface area contributed by atoms with Crippen LogP contribution in [0.3, 0.4) is 0 Å². The van der Waals surface area contributed by atoms with E-state index in [4.69, 9.17) is 14.7 Å². The number of thiazole rings is 1. The number of aliphatic imine (C=N–C) groups is 1. The maximum atomic E-state index is 5.58. The van der Waals surface area contributed by atoms with Crippen molar-refractivity contribution >= 4 is 22.2 Å². The van der Waals surface area contributed by atoms with E-state index in [0.29, 0.717) is 0 Å². The van der Waals surface area contributed by atoms with Crippen molar-refractivity contribution in [2.45, 2.75) is 0 Å². The number of morpholine rings is 1. The number of rotatable bonds is 4. The van der Waals surface area contributed by atoms with Crippen molar-refractivity contribution in [3.05, 3.63) is 96.6 Å². The zero-order valence-corrected chi connectivity index (χ0v) is 18.0. The fraction of sp³-hybridized carbons (Fsp3) is 0.154. The van der Waals surface area contributed by atoms with Crippen LogP contribution in [0.2, 0.25) is 0 Å². The summed E-state index contributed by atoms with van der Waals surface area (Å²) < 4.78 is 5.58. The molecule has 0 unspecified atom stereocenters. The normalized spacial score (nSPS) is 14.6. The first-order valence-electron chi connectivity index (χ1n) is 10.5. The van der Waals surface area contributed by atoms with E-state index in [-0.39, 0.29) is 0 Å². The van der Waals surface area contributed by atoms with Gasteiger partial charge in [-0.1, -0.05) is 102 Å². The van der Waals surface area contributed by atoms with Gasteiger partial charge in [-0.25, -0.2) is 9.98 Å². The summed E-state index contributed by atoms with van der Waals surface area (Å²) in [6.07, 6.45) is 0. The van der Waals surface area contributed by atoms with Crippen LogP contribution >= 0.6 is 11.3 Å². The van der Waals surface area contributed by atoms with Crippen molar-refractivity contribution < 1.29 is 4.74 Å². The number of aromatic nitrogens is 1. The molecule has 0 spiro atoms. The minimum absolute atomic E-state index is 0.718. The lowest BCUT2D eigenvalue weighted by atomic mass is 10.1. The Bertz CT molecular complexity index is 1150. The predicted molar refractivity (Wildman–Crippen MR) is 128 cm³/mol. The molecule has 4 aromatic rings. The second kappa shape index (κ2) is 9.25. The summed E-state index contributed by atoms with van der Waals surface area (Å²) in [5, 5.41) is 1.91. The standard InChI is InChI=1S/C26H23N3OS/c1-4-10-20(11-5-1)23-26(31-25(27-23)22-14-8-3-9-15-22)28-24(21-12-6-2-7-13-21)29-16-18-30-19-17-29/h1-15H,16-19H2/b28-24-. The van der Waals surface area contributed by atoms with Gasteiger partial charge in [0.2, 0.25) is 0 Å². The molecule has 0 atom stereocenters. The molecule has 1 aliphatic heterocycles. The van der Waals surface area contributed by atoms with Gasteiger partial charge in [0.25, 0.3) is 0 Å². The molecule has 0 saturated carbocycles. The van der Waals surface area contributed by atoms with Gasteiger partial charge in [0.05, 0.1) is 13.2 Å². The number of amidine groups is 1. The topological polar surface area (TPSA) is 37.7 Å². The maximum Gasteiger partial charge on any atom is 0.146 e. The molecule has 4 nitrogen and oxygen atoms in total. The third kappa shape index (κ3) is 4.43. The SMILES string of the molecule is c1ccc(/C(=N/c2sc(-c3ccccc3)nc2-c2ccccc2)N2CCOCC2)cc1. The molecule has 2 heterocycles. The molecule has 1 saturated heterocycles. The van der Waals surface area contributed by atoms with Crippen LogP contribution in [0.5, 0.6) is 0 Å². The summed E-state index contributed by atoms with van der Waals surface area (Å²) in [4.78, 5) is 12.5. The Morgan fingerprint density at radius 1 is 0.774 bits per heavy atom. The molecule has 5 rings (SSSR count).